The van der Waals surface area contributed by atoms with E-state index in [4.69, 9.17) is 0 Å². The maximum absolute atomic E-state index is 9.78. The van der Waals surface area contributed by atoms with Gasteiger partial charge < -0.3 is 20.2 Å². The molecule has 5 nitrogen and oxygen atoms in total. The average molecular weight is 248 g/mol. The highest BCUT2D eigenvalue weighted by Crippen LogP contribution is 2.30. The first-order chi connectivity index (χ1) is 7.47. The maximum atomic E-state index is 9.78. The third kappa shape index (κ3) is 3.10. The number of thioether (sulfide) groups is 1. The number of rotatable bonds is 4. The summed E-state index contributed by atoms with van der Waals surface area (Å²) in [5.41, 5.74) is 0. The van der Waals surface area contributed by atoms with Crippen LogP contribution in [0.15, 0.2) is 4.99 Å². The Kier molecular flexibility index (Phi) is 5.04. The lowest BCUT2D eigenvalue weighted by Gasteiger charge is -2.27. The largest absolute Gasteiger partial charge is 0.396 e. The van der Waals surface area contributed by atoms with Crippen molar-refractivity contribution in [2.45, 2.75) is 24.4 Å². The molecule has 0 fully saturated rings. The first-order valence-corrected chi connectivity index (χ1v) is 6.20. The molecule has 0 saturated heterocycles. The molecule has 3 N–H and O–H groups in total. The summed E-state index contributed by atoms with van der Waals surface area (Å²) in [6.07, 6.45) is -1.74. The van der Waals surface area contributed by atoms with Gasteiger partial charge in [-0.3, -0.25) is 4.99 Å². The van der Waals surface area contributed by atoms with Crippen LogP contribution in [0.2, 0.25) is 0 Å². The van der Waals surface area contributed by atoms with Crippen molar-refractivity contribution < 1.29 is 15.3 Å². The lowest BCUT2D eigenvalue weighted by atomic mass is 9.95. The molecule has 94 valence electrons. The Morgan fingerprint density at radius 1 is 1.50 bits per heavy atom. The molecule has 0 spiro atoms. The van der Waals surface area contributed by atoms with Crippen molar-refractivity contribution in [2.75, 3.05) is 27.2 Å². The van der Waals surface area contributed by atoms with E-state index in [1.807, 2.05) is 19.0 Å². The van der Waals surface area contributed by atoms with E-state index in [0.717, 1.165) is 5.17 Å². The minimum atomic E-state index is -0.904. The zero-order chi connectivity index (χ0) is 12.3. The van der Waals surface area contributed by atoms with Gasteiger partial charge in [-0.1, -0.05) is 11.8 Å². The smallest absolute Gasteiger partial charge is 0.159 e. The molecule has 4 atom stereocenters. The van der Waals surface area contributed by atoms with E-state index in [0.29, 0.717) is 6.54 Å². The molecular formula is C10H20N2O3S. The fourth-order valence-electron chi connectivity index (χ4n) is 1.65. The Morgan fingerprint density at radius 2 is 2.12 bits per heavy atom. The summed E-state index contributed by atoms with van der Waals surface area (Å²) in [5.74, 6) is -0.341. The van der Waals surface area contributed by atoms with Crippen molar-refractivity contribution in [3.05, 3.63) is 0 Å². The van der Waals surface area contributed by atoms with Crippen LogP contribution in [0.4, 0.5) is 0 Å². The van der Waals surface area contributed by atoms with Crippen LogP contribution in [0.3, 0.4) is 0 Å². The van der Waals surface area contributed by atoms with Crippen LogP contribution in [-0.2, 0) is 0 Å². The van der Waals surface area contributed by atoms with Crippen LogP contribution in [0.5, 0.6) is 0 Å². The van der Waals surface area contributed by atoms with Gasteiger partial charge in [-0.05, 0) is 6.92 Å². The Labute approximate surface area is 100 Å². The number of amidine groups is 1. The standard InChI is InChI=1S/C10H20N2O3S/c1-6(14)9(15)7(5-13)8-4-11-10(16-8)12(2)3/h6-9,13-15H,4-5H2,1-3H3/t6-,7+,8?,9+/m1/s1. The SMILES string of the molecule is C[C@@H](O)[C@H](O)[C@@H](CO)C1CN=C(N(C)C)S1. The second kappa shape index (κ2) is 5.86. The summed E-state index contributed by atoms with van der Waals surface area (Å²) in [6, 6.07) is 0. The molecule has 0 radical (unpaired) electrons. The quantitative estimate of drug-likeness (QED) is 0.617. The number of aliphatic hydroxyl groups is 3. The van der Waals surface area contributed by atoms with Crippen molar-refractivity contribution in [1.82, 2.24) is 4.90 Å². The fourth-order valence-corrected chi connectivity index (χ4v) is 2.85. The number of hydrogen-bond donors (Lipinski definition) is 3. The minimum Gasteiger partial charge on any atom is -0.396 e. The van der Waals surface area contributed by atoms with Crippen molar-refractivity contribution >= 4 is 16.9 Å². The van der Waals surface area contributed by atoms with E-state index in [-0.39, 0.29) is 17.8 Å². The molecule has 0 aromatic rings. The number of nitrogens with zero attached hydrogens (tertiary/aromatic N) is 2. The van der Waals surface area contributed by atoms with Gasteiger partial charge in [0.25, 0.3) is 0 Å². The van der Waals surface area contributed by atoms with Gasteiger partial charge in [0.1, 0.15) is 0 Å². The maximum Gasteiger partial charge on any atom is 0.159 e. The lowest BCUT2D eigenvalue weighted by molar-refractivity contribution is -0.0229. The summed E-state index contributed by atoms with van der Waals surface area (Å²) in [6.45, 7) is 1.97. The van der Waals surface area contributed by atoms with Crippen LogP contribution >= 0.6 is 11.8 Å². The molecule has 16 heavy (non-hydrogen) atoms. The van der Waals surface area contributed by atoms with E-state index >= 15 is 0 Å². The zero-order valence-electron chi connectivity index (χ0n) is 9.87. The molecule has 0 aliphatic carbocycles. The van der Waals surface area contributed by atoms with Gasteiger partial charge in [0.2, 0.25) is 0 Å². The van der Waals surface area contributed by atoms with Crippen LogP contribution in [0.25, 0.3) is 0 Å². The van der Waals surface area contributed by atoms with E-state index < -0.39 is 12.2 Å². The first-order valence-electron chi connectivity index (χ1n) is 5.32. The van der Waals surface area contributed by atoms with Crippen LogP contribution in [-0.4, -0.2) is 70.1 Å². The molecule has 0 bridgehead atoms. The van der Waals surface area contributed by atoms with Gasteiger partial charge in [-0.2, -0.15) is 0 Å². The van der Waals surface area contributed by atoms with Crippen LogP contribution < -0.4 is 0 Å². The summed E-state index contributed by atoms with van der Waals surface area (Å²) in [5, 5.41) is 29.3. The topological polar surface area (TPSA) is 76.3 Å². The summed E-state index contributed by atoms with van der Waals surface area (Å²) in [7, 11) is 3.82. The van der Waals surface area contributed by atoms with Crippen LogP contribution in [0.1, 0.15) is 6.92 Å². The Bertz CT molecular complexity index is 258. The number of aliphatic hydroxyl groups excluding tert-OH is 3. The molecule has 0 saturated carbocycles. The number of hydrogen-bond acceptors (Lipinski definition) is 6. The van der Waals surface area contributed by atoms with Gasteiger partial charge in [0.05, 0.1) is 18.8 Å². The van der Waals surface area contributed by atoms with Gasteiger partial charge in [-0.25, -0.2) is 0 Å². The van der Waals surface area contributed by atoms with Crippen LogP contribution in [0, 0.1) is 5.92 Å². The van der Waals surface area contributed by atoms with E-state index in [1.54, 1.807) is 11.8 Å². The lowest BCUT2D eigenvalue weighted by Crippen LogP contribution is -2.40. The van der Waals surface area contributed by atoms with Crippen molar-refractivity contribution in [3.8, 4) is 0 Å². The van der Waals surface area contributed by atoms with E-state index in [9.17, 15) is 15.3 Å². The molecule has 1 heterocycles. The van der Waals surface area contributed by atoms with Crippen molar-refractivity contribution in [3.63, 3.8) is 0 Å². The predicted octanol–water partition coefficient (Wildman–Crippen LogP) is -0.630. The van der Waals surface area contributed by atoms with Gasteiger partial charge in [0.15, 0.2) is 5.17 Å². The van der Waals surface area contributed by atoms with E-state index in [1.165, 1.54) is 6.92 Å². The predicted molar refractivity (Wildman–Crippen MR) is 65.6 cm³/mol. The van der Waals surface area contributed by atoms with Crippen molar-refractivity contribution in [2.24, 2.45) is 10.9 Å². The number of aliphatic imine (C=N–C) groups is 1. The Morgan fingerprint density at radius 3 is 2.50 bits per heavy atom. The highest BCUT2D eigenvalue weighted by molar-refractivity contribution is 8.14. The van der Waals surface area contributed by atoms with Gasteiger partial charge >= 0.3 is 0 Å². The second-order valence-corrected chi connectivity index (χ2v) is 5.46. The Balaban J connectivity index is 2.58. The minimum absolute atomic E-state index is 0.0343. The van der Waals surface area contributed by atoms with E-state index in [2.05, 4.69) is 4.99 Å². The molecule has 0 aromatic heterocycles. The first kappa shape index (κ1) is 13.8. The summed E-state index contributed by atoms with van der Waals surface area (Å²) >= 11 is 1.54. The monoisotopic (exact) mass is 248 g/mol. The normalized spacial score (nSPS) is 26.1. The van der Waals surface area contributed by atoms with Gasteiger partial charge in [0, 0.05) is 31.9 Å². The third-order valence-electron chi connectivity index (χ3n) is 2.67. The zero-order valence-corrected chi connectivity index (χ0v) is 10.7. The molecule has 1 aliphatic heterocycles. The third-order valence-corrected chi connectivity index (χ3v) is 4.17. The van der Waals surface area contributed by atoms with Gasteiger partial charge in [-0.15, -0.1) is 0 Å². The fraction of sp³-hybridized carbons (Fsp3) is 0.900. The average Bonchev–Trinajstić information content (AvgIpc) is 2.68. The summed E-state index contributed by atoms with van der Waals surface area (Å²) in [4.78, 5) is 6.24. The molecule has 1 aliphatic rings. The Hall–Kier alpha value is -0.300. The summed E-state index contributed by atoms with van der Waals surface area (Å²) < 4.78 is 0. The van der Waals surface area contributed by atoms with Crippen molar-refractivity contribution in [1.29, 1.82) is 0 Å². The molecule has 0 aromatic carbocycles. The highest BCUT2D eigenvalue weighted by Gasteiger charge is 2.34. The highest BCUT2D eigenvalue weighted by atomic mass is 32.2. The molecule has 1 unspecified atom stereocenters. The molecule has 0 amide bonds. The molecule has 6 heteroatoms. The second-order valence-electron chi connectivity index (χ2n) is 4.25. The molecule has 1 rings (SSSR count). The molecular weight excluding hydrogens is 228 g/mol.